The van der Waals surface area contributed by atoms with E-state index in [1.165, 1.54) is 5.56 Å². The molecule has 7 heteroatoms. The van der Waals surface area contributed by atoms with Crippen molar-refractivity contribution in [3.8, 4) is 23.4 Å². The van der Waals surface area contributed by atoms with Gasteiger partial charge in [-0.2, -0.15) is 17.4 Å². The first-order chi connectivity index (χ1) is 19.7. The van der Waals surface area contributed by atoms with Crippen molar-refractivity contribution in [2.75, 3.05) is 9.80 Å². The molecule has 0 saturated heterocycles. The first kappa shape index (κ1) is 26.4. The third-order valence-electron chi connectivity index (χ3n) is 6.94. The zero-order valence-corrected chi connectivity index (χ0v) is 24.2. The van der Waals surface area contributed by atoms with Gasteiger partial charge in [-0.15, -0.1) is 48.1 Å². The van der Waals surface area contributed by atoms with E-state index in [1.807, 2.05) is 107 Å². The SMILES string of the molecule is Cc1ccccc1N1C=CN(c2[c-]c(Oc3[c-]c4c(cc3)c3cc(C#N)ccc3n4-c3ccccn3)ccc2)[CH-]1.[Pt]. The molecule has 4 aromatic carbocycles. The van der Waals surface area contributed by atoms with Crippen LogP contribution in [0.5, 0.6) is 11.5 Å². The van der Waals surface area contributed by atoms with E-state index in [0.29, 0.717) is 17.1 Å². The second-order valence-electron chi connectivity index (χ2n) is 9.47. The molecule has 0 amide bonds. The van der Waals surface area contributed by atoms with Gasteiger partial charge in [0.25, 0.3) is 0 Å². The smallest absolute Gasteiger partial charge is 0.135 e. The monoisotopic (exact) mass is 711 g/mol. The Hall–Kier alpha value is -4.85. The molecule has 0 fully saturated rings. The van der Waals surface area contributed by atoms with Crippen molar-refractivity contribution < 1.29 is 25.8 Å². The van der Waals surface area contributed by atoms with Crippen molar-refractivity contribution in [1.29, 1.82) is 5.26 Å². The van der Waals surface area contributed by atoms with Crippen molar-refractivity contribution in [1.82, 2.24) is 9.55 Å². The molecule has 6 nitrogen and oxygen atoms in total. The van der Waals surface area contributed by atoms with Crippen LogP contribution in [0.25, 0.3) is 27.6 Å². The number of nitrogens with zero attached hydrogens (tertiary/aromatic N) is 5. The number of benzene rings is 4. The van der Waals surface area contributed by atoms with E-state index < -0.39 is 0 Å². The largest absolute Gasteiger partial charge is 0.509 e. The van der Waals surface area contributed by atoms with Crippen LogP contribution in [-0.2, 0) is 21.1 Å². The number of hydrogen-bond donors (Lipinski definition) is 0. The summed E-state index contributed by atoms with van der Waals surface area (Å²) in [6.45, 7) is 4.13. The molecule has 0 saturated carbocycles. The van der Waals surface area contributed by atoms with Gasteiger partial charge in [0.05, 0.1) is 11.6 Å². The van der Waals surface area contributed by atoms with Gasteiger partial charge in [-0.3, -0.25) is 0 Å². The van der Waals surface area contributed by atoms with E-state index in [-0.39, 0.29) is 21.1 Å². The van der Waals surface area contributed by atoms with Crippen molar-refractivity contribution in [3.05, 3.63) is 140 Å². The van der Waals surface area contributed by atoms with E-state index in [1.54, 1.807) is 6.20 Å². The van der Waals surface area contributed by atoms with E-state index in [4.69, 9.17) is 4.74 Å². The number of aryl methyl sites for hydroxylation is 1. The Morgan fingerprint density at radius 1 is 0.829 bits per heavy atom. The number of fused-ring (bicyclic) bond motifs is 3. The molecule has 0 aliphatic carbocycles. The Balaban J connectivity index is 0.00000302. The molecule has 7 rings (SSSR count). The second-order valence-corrected chi connectivity index (χ2v) is 9.47. The fourth-order valence-electron chi connectivity index (χ4n) is 5.04. The minimum atomic E-state index is 0. The van der Waals surface area contributed by atoms with Gasteiger partial charge in [0, 0.05) is 50.0 Å². The fraction of sp³-hybridized carbons (Fsp3) is 0.0294. The number of anilines is 2. The van der Waals surface area contributed by atoms with Crippen LogP contribution in [0.15, 0.2) is 110 Å². The molecule has 6 aromatic rings. The van der Waals surface area contributed by atoms with Crippen LogP contribution in [0.3, 0.4) is 0 Å². The quantitative estimate of drug-likeness (QED) is 0.172. The minimum Gasteiger partial charge on any atom is -0.509 e. The van der Waals surface area contributed by atoms with Gasteiger partial charge in [0.1, 0.15) is 5.82 Å². The Kier molecular flexibility index (Phi) is 7.05. The summed E-state index contributed by atoms with van der Waals surface area (Å²) < 4.78 is 8.32. The molecule has 1 aliphatic rings. The number of pyridine rings is 1. The molecule has 202 valence electrons. The van der Waals surface area contributed by atoms with Gasteiger partial charge in [0.2, 0.25) is 0 Å². The Bertz CT molecular complexity index is 1960. The van der Waals surface area contributed by atoms with Crippen LogP contribution >= 0.6 is 0 Å². The maximum Gasteiger partial charge on any atom is 0.135 e. The summed E-state index contributed by atoms with van der Waals surface area (Å²) >= 11 is 0. The molecule has 0 unspecified atom stereocenters. The first-order valence-electron chi connectivity index (χ1n) is 12.9. The van der Waals surface area contributed by atoms with Crippen LogP contribution in [0.4, 0.5) is 11.4 Å². The van der Waals surface area contributed by atoms with Crippen LogP contribution < -0.4 is 14.5 Å². The molecule has 2 aromatic heterocycles. The molecular formula is C34H22N5OPt-3. The molecule has 0 spiro atoms. The minimum absolute atomic E-state index is 0. The number of para-hydroxylation sites is 1. The van der Waals surface area contributed by atoms with Crippen LogP contribution in [0, 0.1) is 37.1 Å². The first-order valence-corrected chi connectivity index (χ1v) is 12.9. The maximum atomic E-state index is 9.47. The molecule has 0 atom stereocenters. The third-order valence-corrected chi connectivity index (χ3v) is 6.94. The van der Waals surface area contributed by atoms with Gasteiger partial charge >= 0.3 is 0 Å². The average molecular weight is 712 g/mol. The number of hydrogen-bond acceptors (Lipinski definition) is 5. The number of ether oxygens (including phenoxy) is 1. The molecule has 3 heterocycles. The molecule has 0 radical (unpaired) electrons. The normalized spacial score (nSPS) is 12.5. The zero-order valence-electron chi connectivity index (χ0n) is 21.9. The van der Waals surface area contributed by atoms with Crippen LogP contribution in [0.2, 0.25) is 0 Å². The zero-order chi connectivity index (χ0) is 27.1. The third kappa shape index (κ3) is 4.86. The van der Waals surface area contributed by atoms with E-state index in [2.05, 4.69) is 47.1 Å². The van der Waals surface area contributed by atoms with Gasteiger partial charge < -0.3 is 19.1 Å². The van der Waals surface area contributed by atoms with Crippen LogP contribution in [-0.4, -0.2) is 9.55 Å². The second kappa shape index (κ2) is 11.0. The molecule has 0 bridgehead atoms. The van der Waals surface area contributed by atoms with E-state index >= 15 is 0 Å². The summed E-state index contributed by atoms with van der Waals surface area (Å²) in [5, 5.41) is 11.4. The topological polar surface area (TPSA) is 57.3 Å². The molecular weight excluding hydrogens is 689 g/mol. The number of aromatic nitrogens is 2. The number of rotatable bonds is 5. The summed E-state index contributed by atoms with van der Waals surface area (Å²) in [5.41, 5.74) is 5.56. The van der Waals surface area contributed by atoms with E-state index in [0.717, 1.165) is 39.0 Å². The molecule has 0 N–H and O–H groups in total. The van der Waals surface area contributed by atoms with Gasteiger partial charge in [-0.25, -0.2) is 4.98 Å². The Morgan fingerprint density at radius 2 is 1.66 bits per heavy atom. The predicted octanol–water partition coefficient (Wildman–Crippen LogP) is 7.67. The summed E-state index contributed by atoms with van der Waals surface area (Å²) in [6.07, 6.45) is 5.79. The van der Waals surface area contributed by atoms with Crippen molar-refractivity contribution >= 4 is 33.2 Å². The Labute approximate surface area is 252 Å². The van der Waals surface area contributed by atoms with Crippen molar-refractivity contribution in [3.63, 3.8) is 0 Å². The maximum absolute atomic E-state index is 9.47. The number of nitriles is 1. The fourth-order valence-corrected chi connectivity index (χ4v) is 5.04. The Morgan fingerprint density at radius 3 is 2.49 bits per heavy atom. The molecule has 1 aliphatic heterocycles. The summed E-state index contributed by atoms with van der Waals surface area (Å²) in [5.74, 6) is 1.91. The summed E-state index contributed by atoms with van der Waals surface area (Å²) in [6, 6.07) is 38.5. The van der Waals surface area contributed by atoms with Crippen molar-refractivity contribution in [2.24, 2.45) is 0 Å². The van der Waals surface area contributed by atoms with Gasteiger partial charge in [-0.1, -0.05) is 29.8 Å². The van der Waals surface area contributed by atoms with Gasteiger partial charge in [-0.05, 0) is 66.7 Å². The standard InChI is InChI=1S/C34H22N5O.Pt/c1-24-7-2-3-10-31(24)38-18-17-37(23-38)26-8-6-9-27(20-26)40-28-13-14-29-30-19-25(22-35)12-15-32(30)39(33(29)21-28)34-11-4-5-16-36-34;/h2-19,23H,1H3;/q-3;. The van der Waals surface area contributed by atoms with Crippen LogP contribution in [0.1, 0.15) is 11.1 Å². The van der Waals surface area contributed by atoms with Crippen molar-refractivity contribution in [2.45, 2.75) is 6.92 Å². The summed E-state index contributed by atoms with van der Waals surface area (Å²) in [4.78, 5) is 8.68. The molecule has 41 heavy (non-hydrogen) atoms. The average Bonchev–Trinajstić information content (AvgIpc) is 3.61. The van der Waals surface area contributed by atoms with Gasteiger partial charge in [0.15, 0.2) is 0 Å². The van der Waals surface area contributed by atoms with E-state index in [9.17, 15) is 5.26 Å². The predicted molar refractivity (Wildman–Crippen MR) is 157 cm³/mol. The summed E-state index contributed by atoms with van der Waals surface area (Å²) in [7, 11) is 0.